The lowest BCUT2D eigenvalue weighted by Crippen LogP contribution is -2.46. The summed E-state index contributed by atoms with van der Waals surface area (Å²) in [4.78, 5) is 26.2. The summed E-state index contributed by atoms with van der Waals surface area (Å²) in [6.45, 7) is 3.58. The quantitative estimate of drug-likeness (QED) is 0.586. The molecule has 20 heavy (non-hydrogen) atoms. The number of carboxylic acids is 1. The fourth-order valence-electron chi connectivity index (χ4n) is 1.52. The molecule has 0 aliphatic rings. The lowest BCUT2D eigenvalue weighted by Gasteiger charge is -2.21. The van der Waals surface area contributed by atoms with Crippen molar-refractivity contribution < 1.29 is 19.8 Å². The molecule has 0 spiro atoms. The zero-order valence-electron chi connectivity index (χ0n) is 11.5. The average Bonchev–Trinajstić information content (AvgIpc) is 2.71. The molecule has 0 saturated carbocycles. The molecule has 0 saturated heterocycles. The van der Waals surface area contributed by atoms with Gasteiger partial charge >= 0.3 is 12.0 Å². The Hall–Kier alpha value is -1.67. The number of aromatic nitrogens is 1. The van der Waals surface area contributed by atoms with Gasteiger partial charge in [0, 0.05) is 30.6 Å². The Bertz CT molecular complexity index is 473. The van der Waals surface area contributed by atoms with Crippen LogP contribution in [-0.2, 0) is 11.2 Å². The van der Waals surface area contributed by atoms with Crippen LogP contribution in [0.25, 0.3) is 0 Å². The summed E-state index contributed by atoms with van der Waals surface area (Å²) < 4.78 is 0. The highest BCUT2D eigenvalue weighted by atomic mass is 32.1. The Morgan fingerprint density at radius 1 is 1.45 bits per heavy atom. The second-order valence-electron chi connectivity index (χ2n) is 4.81. The van der Waals surface area contributed by atoms with E-state index in [0.717, 1.165) is 10.7 Å². The predicted molar refractivity (Wildman–Crippen MR) is 74.8 cm³/mol. The number of nitrogens with zero attached hydrogens (tertiary/aromatic N) is 1. The van der Waals surface area contributed by atoms with Crippen LogP contribution in [0.2, 0.25) is 0 Å². The van der Waals surface area contributed by atoms with E-state index in [1.807, 2.05) is 12.3 Å². The van der Waals surface area contributed by atoms with Gasteiger partial charge in [-0.2, -0.15) is 0 Å². The maximum atomic E-state index is 11.5. The predicted octanol–water partition coefficient (Wildman–Crippen LogP) is 0.519. The maximum Gasteiger partial charge on any atom is 0.314 e. The second-order valence-corrected chi connectivity index (χ2v) is 5.75. The van der Waals surface area contributed by atoms with Crippen LogP contribution in [0.15, 0.2) is 5.38 Å². The molecule has 0 fully saturated rings. The first-order valence-corrected chi connectivity index (χ1v) is 7.03. The zero-order valence-corrected chi connectivity index (χ0v) is 12.3. The van der Waals surface area contributed by atoms with E-state index >= 15 is 0 Å². The molecule has 1 rings (SSSR count). The van der Waals surface area contributed by atoms with Gasteiger partial charge in [0.25, 0.3) is 0 Å². The van der Waals surface area contributed by atoms with Crippen LogP contribution in [-0.4, -0.2) is 45.9 Å². The minimum Gasteiger partial charge on any atom is -0.481 e. The van der Waals surface area contributed by atoms with Crippen LogP contribution in [0, 0.1) is 6.92 Å². The summed E-state index contributed by atoms with van der Waals surface area (Å²) >= 11 is 1.54. The molecular weight excluding hydrogens is 282 g/mol. The van der Waals surface area contributed by atoms with E-state index < -0.39 is 24.0 Å². The number of aryl methyl sites for hydroxylation is 1. The standard InChI is InChI=1S/C12H19N3O4S/c1-8-6-20-9(15-8)3-4-13-11(18)14-7-12(2,19)5-10(16)17/h6,19H,3-5,7H2,1-2H3,(H,16,17)(H2,13,14,18). The number of thiazole rings is 1. The van der Waals surface area contributed by atoms with Crippen molar-refractivity contribution in [1.82, 2.24) is 15.6 Å². The van der Waals surface area contributed by atoms with Gasteiger partial charge in [0.15, 0.2) is 0 Å². The van der Waals surface area contributed by atoms with E-state index in [-0.39, 0.29) is 6.54 Å². The number of nitrogens with one attached hydrogen (secondary N) is 2. The molecule has 112 valence electrons. The zero-order chi connectivity index (χ0) is 15.2. The van der Waals surface area contributed by atoms with Crippen molar-refractivity contribution in [2.45, 2.75) is 32.3 Å². The van der Waals surface area contributed by atoms with Crippen LogP contribution in [0.1, 0.15) is 24.0 Å². The Labute approximate surface area is 121 Å². The summed E-state index contributed by atoms with van der Waals surface area (Å²) in [5.41, 5.74) is -0.505. The molecule has 0 radical (unpaired) electrons. The van der Waals surface area contributed by atoms with E-state index in [4.69, 9.17) is 5.11 Å². The Balaban J connectivity index is 2.22. The largest absolute Gasteiger partial charge is 0.481 e. The van der Waals surface area contributed by atoms with Crippen LogP contribution in [0.4, 0.5) is 4.79 Å². The molecule has 8 heteroatoms. The van der Waals surface area contributed by atoms with Gasteiger partial charge < -0.3 is 20.8 Å². The molecule has 1 heterocycles. The van der Waals surface area contributed by atoms with E-state index in [1.165, 1.54) is 18.3 Å². The Morgan fingerprint density at radius 3 is 2.70 bits per heavy atom. The molecule has 1 atom stereocenters. The lowest BCUT2D eigenvalue weighted by molar-refractivity contribution is -0.141. The third kappa shape index (κ3) is 6.48. The number of aliphatic carboxylic acids is 1. The first kappa shape index (κ1) is 16.4. The lowest BCUT2D eigenvalue weighted by atomic mass is 10.0. The van der Waals surface area contributed by atoms with Gasteiger partial charge in [-0.05, 0) is 13.8 Å². The number of carbonyl (C=O) groups is 2. The molecule has 0 aliphatic heterocycles. The van der Waals surface area contributed by atoms with Crippen LogP contribution >= 0.6 is 11.3 Å². The summed E-state index contributed by atoms with van der Waals surface area (Å²) in [5, 5.41) is 26.2. The van der Waals surface area contributed by atoms with Gasteiger partial charge in [-0.1, -0.05) is 0 Å². The molecule has 1 unspecified atom stereocenters. The van der Waals surface area contributed by atoms with Gasteiger partial charge in [0.05, 0.1) is 17.0 Å². The van der Waals surface area contributed by atoms with Crippen LogP contribution in [0.3, 0.4) is 0 Å². The molecule has 7 nitrogen and oxygen atoms in total. The van der Waals surface area contributed by atoms with Gasteiger partial charge in [-0.25, -0.2) is 9.78 Å². The topological polar surface area (TPSA) is 112 Å². The van der Waals surface area contributed by atoms with E-state index in [0.29, 0.717) is 13.0 Å². The molecular formula is C12H19N3O4S. The van der Waals surface area contributed by atoms with E-state index in [1.54, 1.807) is 0 Å². The third-order valence-electron chi connectivity index (χ3n) is 2.45. The Kier molecular flexibility index (Phi) is 5.90. The van der Waals surface area contributed by atoms with Crippen molar-refractivity contribution in [2.24, 2.45) is 0 Å². The second kappa shape index (κ2) is 7.20. The van der Waals surface area contributed by atoms with Gasteiger partial charge in [0.2, 0.25) is 0 Å². The van der Waals surface area contributed by atoms with Crippen molar-refractivity contribution in [3.8, 4) is 0 Å². The first-order valence-electron chi connectivity index (χ1n) is 6.15. The van der Waals surface area contributed by atoms with E-state index in [2.05, 4.69) is 15.6 Å². The molecule has 0 bridgehead atoms. The smallest absolute Gasteiger partial charge is 0.314 e. The highest BCUT2D eigenvalue weighted by Gasteiger charge is 2.24. The number of rotatable bonds is 7. The number of hydrogen-bond acceptors (Lipinski definition) is 5. The molecule has 2 amide bonds. The molecule has 1 aromatic rings. The summed E-state index contributed by atoms with van der Waals surface area (Å²) in [6.07, 6.45) is 0.211. The molecule has 1 aromatic heterocycles. The minimum atomic E-state index is -1.46. The van der Waals surface area contributed by atoms with Crippen molar-refractivity contribution in [3.63, 3.8) is 0 Å². The monoisotopic (exact) mass is 301 g/mol. The van der Waals surface area contributed by atoms with Crippen LogP contribution < -0.4 is 10.6 Å². The number of carboxylic acid groups (broad SMARTS) is 1. The highest BCUT2D eigenvalue weighted by molar-refractivity contribution is 7.09. The number of carbonyl (C=O) groups excluding carboxylic acids is 1. The van der Waals surface area contributed by atoms with E-state index in [9.17, 15) is 14.7 Å². The van der Waals surface area contributed by atoms with Gasteiger partial charge in [-0.15, -0.1) is 11.3 Å². The third-order valence-corrected chi connectivity index (χ3v) is 3.48. The molecule has 0 aliphatic carbocycles. The highest BCUT2D eigenvalue weighted by Crippen LogP contribution is 2.08. The Morgan fingerprint density at radius 2 is 2.15 bits per heavy atom. The summed E-state index contributed by atoms with van der Waals surface area (Å²) in [7, 11) is 0. The van der Waals surface area contributed by atoms with Crippen molar-refractivity contribution >= 4 is 23.3 Å². The minimum absolute atomic E-state index is 0.124. The van der Waals surface area contributed by atoms with Gasteiger partial charge in [0.1, 0.15) is 0 Å². The fourth-order valence-corrected chi connectivity index (χ4v) is 2.30. The average molecular weight is 301 g/mol. The number of amides is 2. The number of aliphatic hydroxyl groups is 1. The number of urea groups is 1. The summed E-state index contributed by atoms with van der Waals surface area (Å²) in [5.74, 6) is -1.11. The first-order chi connectivity index (χ1) is 9.28. The summed E-state index contributed by atoms with van der Waals surface area (Å²) in [6, 6.07) is -0.441. The van der Waals surface area contributed by atoms with Crippen LogP contribution in [0.5, 0.6) is 0 Å². The molecule has 0 aromatic carbocycles. The number of hydrogen-bond donors (Lipinski definition) is 4. The van der Waals surface area contributed by atoms with Crippen molar-refractivity contribution in [2.75, 3.05) is 13.1 Å². The van der Waals surface area contributed by atoms with Crippen molar-refractivity contribution in [3.05, 3.63) is 16.1 Å². The van der Waals surface area contributed by atoms with Crippen molar-refractivity contribution in [1.29, 1.82) is 0 Å². The fraction of sp³-hybridized carbons (Fsp3) is 0.583. The SMILES string of the molecule is Cc1csc(CCNC(=O)NCC(C)(O)CC(=O)O)n1. The normalized spacial score (nSPS) is 13.6. The maximum absolute atomic E-state index is 11.5. The van der Waals surface area contributed by atoms with Gasteiger partial charge in [-0.3, -0.25) is 4.79 Å². The molecule has 4 N–H and O–H groups in total.